The molecule has 3 rings (SSSR count). The third-order valence-corrected chi connectivity index (χ3v) is 4.59. The number of hydrogen-bond donors (Lipinski definition) is 2. The van der Waals surface area contributed by atoms with Crippen LogP contribution in [-0.2, 0) is 6.54 Å². The van der Waals surface area contributed by atoms with Gasteiger partial charge in [0.05, 0.1) is 17.9 Å². The van der Waals surface area contributed by atoms with Crippen LogP contribution in [0.2, 0.25) is 0 Å². The molecule has 0 spiro atoms. The smallest absolute Gasteiger partial charge is 0.268 e. The summed E-state index contributed by atoms with van der Waals surface area (Å²) in [6, 6.07) is 11.7. The van der Waals surface area contributed by atoms with Crippen LogP contribution in [0.1, 0.15) is 42.6 Å². The Bertz CT molecular complexity index is 853. The lowest BCUT2D eigenvalue weighted by Gasteiger charge is -2.15. The second-order valence-electron chi connectivity index (χ2n) is 5.81. The Labute approximate surface area is 155 Å². The summed E-state index contributed by atoms with van der Waals surface area (Å²) in [7, 11) is 0. The van der Waals surface area contributed by atoms with Crippen molar-refractivity contribution in [1.82, 2.24) is 19.9 Å². The van der Waals surface area contributed by atoms with Crippen LogP contribution in [0.5, 0.6) is 0 Å². The molecule has 1 amide bonds. The Morgan fingerprint density at radius 1 is 1.32 bits per heavy atom. The largest absolute Gasteiger partial charge is 0.343 e. The fraction of sp³-hybridized carbons (Fsp3) is 0.263. The molecule has 0 saturated heterocycles. The van der Waals surface area contributed by atoms with Gasteiger partial charge in [0.2, 0.25) is 0 Å². The molecule has 6 heteroatoms. The minimum absolute atomic E-state index is 0.0999. The monoisotopic (exact) mass is 400 g/mol. The van der Waals surface area contributed by atoms with Crippen molar-refractivity contribution in [2.45, 2.75) is 32.9 Å². The van der Waals surface area contributed by atoms with E-state index in [4.69, 9.17) is 0 Å². The molecule has 130 valence electrons. The summed E-state index contributed by atoms with van der Waals surface area (Å²) in [5, 5.41) is 3.08. The van der Waals surface area contributed by atoms with Gasteiger partial charge in [0.1, 0.15) is 11.5 Å². The number of aromatic nitrogens is 3. The predicted molar refractivity (Wildman–Crippen MR) is 102 cm³/mol. The quantitative estimate of drug-likeness (QED) is 0.637. The van der Waals surface area contributed by atoms with E-state index in [1.165, 1.54) is 0 Å². The van der Waals surface area contributed by atoms with Crippen molar-refractivity contribution >= 4 is 21.8 Å². The number of carbonyl (C=O) groups is 1. The van der Waals surface area contributed by atoms with Crippen molar-refractivity contribution in [2.75, 3.05) is 0 Å². The predicted octanol–water partition coefficient (Wildman–Crippen LogP) is 4.54. The first-order valence-electron chi connectivity index (χ1n) is 8.39. The van der Waals surface area contributed by atoms with E-state index >= 15 is 0 Å². The second kappa shape index (κ2) is 7.70. The van der Waals surface area contributed by atoms with Crippen LogP contribution in [0.25, 0.3) is 11.3 Å². The van der Waals surface area contributed by atoms with E-state index in [1.54, 1.807) is 0 Å². The molecule has 1 unspecified atom stereocenters. The van der Waals surface area contributed by atoms with Crippen LogP contribution < -0.4 is 5.32 Å². The molecule has 0 aliphatic carbocycles. The van der Waals surface area contributed by atoms with Crippen LogP contribution in [0, 0.1) is 0 Å². The first kappa shape index (κ1) is 17.5. The number of carbonyl (C=O) groups excluding carboxylic acids is 1. The summed E-state index contributed by atoms with van der Waals surface area (Å²) < 4.78 is 2.82. The third kappa shape index (κ3) is 3.85. The molecule has 0 fully saturated rings. The average molecular weight is 401 g/mol. The highest BCUT2D eigenvalue weighted by molar-refractivity contribution is 9.10. The number of rotatable bonds is 6. The van der Waals surface area contributed by atoms with Gasteiger partial charge in [0, 0.05) is 17.2 Å². The van der Waals surface area contributed by atoms with E-state index in [1.807, 2.05) is 67.2 Å². The van der Waals surface area contributed by atoms with E-state index in [9.17, 15) is 4.79 Å². The molecule has 2 heterocycles. The molecule has 0 saturated carbocycles. The Balaban J connectivity index is 1.79. The zero-order valence-electron chi connectivity index (χ0n) is 14.3. The molecule has 0 aliphatic rings. The Morgan fingerprint density at radius 3 is 2.76 bits per heavy atom. The summed E-state index contributed by atoms with van der Waals surface area (Å²) in [6.07, 6.45) is 4.47. The first-order valence-corrected chi connectivity index (χ1v) is 9.18. The standard InChI is InChI=1S/C19H21BrN4O/c1-3-15(23-19(25)17-10-14(20)12-24(17)4-2)18-21-11-16(22-18)13-8-6-5-7-9-13/h5-12,15H,3-4H2,1-2H3,(H,21,22)(H,23,25). The molecule has 0 aliphatic heterocycles. The van der Waals surface area contributed by atoms with E-state index in [0.717, 1.165) is 34.5 Å². The highest BCUT2D eigenvalue weighted by Gasteiger charge is 2.19. The zero-order chi connectivity index (χ0) is 17.8. The van der Waals surface area contributed by atoms with Crippen molar-refractivity contribution in [1.29, 1.82) is 0 Å². The maximum absolute atomic E-state index is 12.7. The normalized spacial score (nSPS) is 12.1. The SMILES string of the molecule is CCC(NC(=O)c1cc(Br)cn1CC)c1ncc(-c2ccccc2)[nH]1. The molecule has 1 atom stereocenters. The minimum Gasteiger partial charge on any atom is -0.343 e. The van der Waals surface area contributed by atoms with Crippen molar-refractivity contribution in [2.24, 2.45) is 0 Å². The average Bonchev–Trinajstić information content (AvgIpc) is 3.27. The van der Waals surface area contributed by atoms with Gasteiger partial charge < -0.3 is 14.9 Å². The van der Waals surface area contributed by atoms with Gasteiger partial charge in [-0.2, -0.15) is 0 Å². The van der Waals surface area contributed by atoms with Gasteiger partial charge in [0.15, 0.2) is 0 Å². The van der Waals surface area contributed by atoms with Crippen LogP contribution in [0.4, 0.5) is 0 Å². The highest BCUT2D eigenvalue weighted by Crippen LogP contribution is 2.21. The molecular formula is C19H21BrN4O. The lowest BCUT2D eigenvalue weighted by atomic mass is 10.2. The minimum atomic E-state index is -0.163. The topological polar surface area (TPSA) is 62.7 Å². The van der Waals surface area contributed by atoms with Gasteiger partial charge in [-0.3, -0.25) is 4.79 Å². The second-order valence-corrected chi connectivity index (χ2v) is 6.73. The fourth-order valence-electron chi connectivity index (χ4n) is 2.80. The van der Waals surface area contributed by atoms with Gasteiger partial charge >= 0.3 is 0 Å². The summed E-state index contributed by atoms with van der Waals surface area (Å²) in [5.41, 5.74) is 2.66. The fourth-order valence-corrected chi connectivity index (χ4v) is 3.26. The lowest BCUT2D eigenvalue weighted by molar-refractivity contribution is 0.0924. The van der Waals surface area contributed by atoms with Gasteiger partial charge in [-0.05, 0) is 40.9 Å². The van der Waals surface area contributed by atoms with Crippen molar-refractivity contribution in [3.05, 3.63) is 64.8 Å². The van der Waals surface area contributed by atoms with Crippen molar-refractivity contribution in [3.8, 4) is 11.3 Å². The summed E-state index contributed by atoms with van der Waals surface area (Å²) >= 11 is 3.43. The maximum atomic E-state index is 12.7. The molecule has 2 aromatic heterocycles. The van der Waals surface area contributed by atoms with Gasteiger partial charge in [-0.25, -0.2) is 4.98 Å². The van der Waals surface area contributed by atoms with E-state index in [2.05, 4.69) is 31.2 Å². The van der Waals surface area contributed by atoms with Crippen LogP contribution in [-0.4, -0.2) is 20.4 Å². The summed E-state index contributed by atoms with van der Waals surface area (Å²) in [4.78, 5) is 20.5. The number of H-pyrrole nitrogens is 1. The maximum Gasteiger partial charge on any atom is 0.268 e. The summed E-state index contributed by atoms with van der Waals surface area (Å²) in [5.74, 6) is 0.667. The number of amides is 1. The van der Waals surface area contributed by atoms with Crippen LogP contribution >= 0.6 is 15.9 Å². The molecule has 2 N–H and O–H groups in total. The van der Waals surface area contributed by atoms with Crippen LogP contribution in [0.15, 0.2) is 53.3 Å². The number of nitrogens with zero attached hydrogens (tertiary/aromatic N) is 2. The van der Waals surface area contributed by atoms with Gasteiger partial charge in [0.25, 0.3) is 5.91 Å². The van der Waals surface area contributed by atoms with E-state index in [-0.39, 0.29) is 11.9 Å². The van der Waals surface area contributed by atoms with Crippen LogP contribution in [0.3, 0.4) is 0 Å². The zero-order valence-corrected chi connectivity index (χ0v) is 15.9. The number of nitrogens with one attached hydrogen (secondary N) is 2. The number of benzene rings is 1. The molecule has 3 aromatic rings. The number of hydrogen-bond acceptors (Lipinski definition) is 2. The number of aryl methyl sites for hydroxylation is 1. The number of aromatic amines is 1. The summed E-state index contributed by atoms with van der Waals surface area (Å²) in [6.45, 7) is 4.79. The van der Waals surface area contributed by atoms with Gasteiger partial charge in [-0.15, -0.1) is 0 Å². The molecular weight excluding hydrogens is 380 g/mol. The first-order chi connectivity index (χ1) is 12.1. The molecule has 25 heavy (non-hydrogen) atoms. The number of halogens is 1. The number of imidazole rings is 1. The Hall–Kier alpha value is -2.34. The van der Waals surface area contributed by atoms with E-state index < -0.39 is 0 Å². The third-order valence-electron chi connectivity index (χ3n) is 4.16. The highest BCUT2D eigenvalue weighted by atomic mass is 79.9. The lowest BCUT2D eigenvalue weighted by Crippen LogP contribution is -2.30. The Kier molecular flexibility index (Phi) is 5.38. The van der Waals surface area contributed by atoms with Crippen molar-refractivity contribution < 1.29 is 4.79 Å². The molecule has 0 radical (unpaired) electrons. The molecule has 0 bridgehead atoms. The molecule has 5 nitrogen and oxygen atoms in total. The van der Waals surface area contributed by atoms with E-state index in [0.29, 0.717) is 5.69 Å². The van der Waals surface area contributed by atoms with Crippen molar-refractivity contribution in [3.63, 3.8) is 0 Å². The Morgan fingerprint density at radius 2 is 2.08 bits per heavy atom. The van der Waals surface area contributed by atoms with Gasteiger partial charge in [-0.1, -0.05) is 37.3 Å². The molecule has 1 aromatic carbocycles.